The van der Waals surface area contributed by atoms with Gasteiger partial charge in [0.1, 0.15) is 18.0 Å². The van der Waals surface area contributed by atoms with Crippen LogP contribution in [0.25, 0.3) is 11.4 Å². The molecule has 21 heavy (non-hydrogen) atoms. The molecule has 4 nitrogen and oxygen atoms in total. The van der Waals surface area contributed by atoms with Crippen LogP contribution in [0.5, 0.6) is 0 Å². The highest BCUT2D eigenvalue weighted by Gasteiger charge is 2.11. The molecule has 0 aliphatic carbocycles. The van der Waals surface area contributed by atoms with E-state index >= 15 is 0 Å². The Morgan fingerprint density at radius 3 is 2.33 bits per heavy atom. The van der Waals surface area contributed by atoms with E-state index in [1.807, 2.05) is 0 Å². The van der Waals surface area contributed by atoms with Crippen LogP contribution in [0.1, 0.15) is 5.56 Å². The van der Waals surface area contributed by atoms with Crippen molar-refractivity contribution >= 4 is 5.69 Å². The van der Waals surface area contributed by atoms with E-state index in [9.17, 15) is 8.78 Å². The fourth-order valence-corrected chi connectivity index (χ4v) is 1.98. The summed E-state index contributed by atoms with van der Waals surface area (Å²) in [5, 5.41) is 4.22. The summed E-state index contributed by atoms with van der Waals surface area (Å²) >= 11 is 0. The molecule has 2 aromatic carbocycles. The van der Waals surface area contributed by atoms with Crippen molar-refractivity contribution in [2.24, 2.45) is 0 Å². The van der Waals surface area contributed by atoms with Crippen molar-refractivity contribution in [2.75, 3.05) is 5.73 Å². The number of hydrogen-bond donors (Lipinski definition) is 1. The molecule has 0 radical (unpaired) electrons. The number of nitrogens with zero attached hydrogens (tertiary/aromatic N) is 3. The minimum Gasteiger partial charge on any atom is -0.399 e. The largest absolute Gasteiger partial charge is 0.399 e. The van der Waals surface area contributed by atoms with Gasteiger partial charge in [-0.25, -0.2) is 18.4 Å². The molecule has 0 aliphatic rings. The maximum Gasteiger partial charge on any atom is 0.181 e. The second-order valence-electron chi connectivity index (χ2n) is 4.59. The van der Waals surface area contributed by atoms with Crippen LogP contribution in [0.15, 0.2) is 48.8 Å². The SMILES string of the molecule is Nc1ccc(-c2ncn(Cc3c(F)cccc3F)n2)cc1. The van der Waals surface area contributed by atoms with Crippen LogP contribution < -0.4 is 5.73 Å². The number of nitrogens with two attached hydrogens (primary N) is 1. The molecular formula is C15H12F2N4. The third-order valence-corrected chi connectivity index (χ3v) is 3.09. The zero-order valence-electron chi connectivity index (χ0n) is 11.0. The van der Waals surface area contributed by atoms with Gasteiger partial charge in [0.2, 0.25) is 0 Å². The van der Waals surface area contributed by atoms with E-state index in [1.165, 1.54) is 29.2 Å². The second kappa shape index (κ2) is 5.32. The summed E-state index contributed by atoms with van der Waals surface area (Å²) in [6, 6.07) is 10.8. The topological polar surface area (TPSA) is 56.7 Å². The Bertz CT molecular complexity index is 745. The highest BCUT2D eigenvalue weighted by molar-refractivity contribution is 5.57. The van der Waals surface area contributed by atoms with E-state index in [1.54, 1.807) is 24.3 Å². The molecule has 6 heteroatoms. The fourth-order valence-electron chi connectivity index (χ4n) is 1.98. The molecule has 106 valence electrons. The average Bonchev–Trinajstić information content (AvgIpc) is 2.92. The standard InChI is InChI=1S/C15H12F2N4/c16-13-2-1-3-14(17)12(13)8-21-9-19-15(20-21)10-4-6-11(18)7-5-10/h1-7,9H,8,18H2. The molecule has 0 bridgehead atoms. The lowest BCUT2D eigenvalue weighted by molar-refractivity contribution is 0.533. The van der Waals surface area contributed by atoms with E-state index in [4.69, 9.17) is 5.73 Å². The number of halogens is 2. The van der Waals surface area contributed by atoms with E-state index in [0.717, 1.165) is 5.56 Å². The summed E-state index contributed by atoms with van der Waals surface area (Å²) in [4.78, 5) is 4.14. The Kier molecular flexibility index (Phi) is 3.35. The van der Waals surface area contributed by atoms with Gasteiger partial charge in [-0.15, -0.1) is 0 Å². The van der Waals surface area contributed by atoms with Crippen molar-refractivity contribution in [3.05, 3.63) is 66.0 Å². The minimum atomic E-state index is -0.598. The van der Waals surface area contributed by atoms with Gasteiger partial charge in [0.15, 0.2) is 5.82 Å². The maximum atomic E-state index is 13.6. The van der Waals surface area contributed by atoms with Gasteiger partial charge in [0.05, 0.1) is 6.54 Å². The van der Waals surface area contributed by atoms with Crippen molar-refractivity contribution in [3.8, 4) is 11.4 Å². The van der Waals surface area contributed by atoms with Gasteiger partial charge in [-0.05, 0) is 36.4 Å². The van der Waals surface area contributed by atoms with Gasteiger partial charge < -0.3 is 5.73 Å². The molecule has 0 fully saturated rings. The summed E-state index contributed by atoms with van der Waals surface area (Å²) in [6.45, 7) is -0.0134. The van der Waals surface area contributed by atoms with Gasteiger partial charge in [0.25, 0.3) is 0 Å². The monoisotopic (exact) mass is 286 g/mol. The Labute approximate surface area is 119 Å². The number of aromatic nitrogens is 3. The lowest BCUT2D eigenvalue weighted by atomic mass is 10.2. The summed E-state index contributed by atoms with van der Waals surface area (Å²) in [6.07, 6.45) is 1.44. The molecule has 0 spiro atoms. The second-order valence-corrected chi connectivity index (χ2v) is 4.59. The van der Waals surface area contributed by atoms with E-state index in [0.29, 0.717) is 11.5 Å². The molecule has 0 atom stereocenters. The quantitative estimate of drug-likeness (QED) is 0.753. The summed E-state index contributed by atoms with van der Waals surface area (Å²) in [5.41, 5.74) is 7.01. The Hall–Kier alpha value is -2.76. The summed E-state index contributed by atoms with van der Waals surface area (Å²) < 4.78 is 28.6. The molecular weight excluding hydrogens is 274 g/mol. The van der Waals surface area contributed by atoms with Gasteiger partial charge in [-0.3, -0.25) is 0 Å². The van der Waals surface area contributed by atoms with Gasteiger partial charge in [-0.1, -0.05) is 6.07 Å². The first kappa shape index (κ1) is 13.2. The lowest BCUT2D eigenvalue weighted by Crippen LogP contribution is -2.05. The number of anilines is 1. The lowest BCUT2D eigenvalue weighted by Gasteiger charge is -2.04. The number of hydrogen-bond acceptors (Lipinski definition) is 3. The third kappa shape index (κ3) is 2.74. The van der Waals surface area contributed by atoms with Crippen LogP contribution in [0.4, 0.5) is 14.5 Å². The minimum absolute atomic E-state index is 0.0134. The predicted molar refractivity (Wildman–Crippen MR) is 75.3 cm³/mol. The van der Waals surface area contributed by atoms with Crippen LogP contribution in [-0.2, 0) is 6.54 Å². The van der Waals surface area contributed by atoms with E-state index < -0.39 is 11.6 Å². The van der Waals surface area contributed by atoms with Crippen LogP contribution in [0, 0.1) is 11.6 Å². The highest BCUT2D eigenvalue weighted by atomic mass is 19.1. The third-order valence-electron chi connectivity index (χ3n) is 3.09. The molecule has 0 saturated carbocycles. The van der Waals surface area contributed by atoms with Crippen molar-refractivity contribution in [2.45, 2.75) is 6.54 Å². The van der Waals surface area contributed by atoms with Gasteiger partial charge in [-0.2, -0.15) is 5.10 Å². The van der Waals surface area contributed by atoms with Gasteiger partial charge >= 0.3 is 0 Å². The maximum absolute atomic E-state index is 13.6. The van der Waals surface area contributed by atoms with E-state index in [-0.39, 0.29) is 12.1 Å². The average molecular weight is 286 g/mol. The zero-order chi connectivity index (χ0) is 14.8. The van der Waals surface area contributed by atoms with Gasteiger partial charge in [0, 0.05) is 16.8 Å². The van der Waals surface area contributed by atoms with Crippen molar-refractivity contribution < 1.29 is 8.78 Å². The molecule has 0 unspecified atom stereocenters. The van der Waals surface area contributed by atoms with Crippen molar-refractivity contribution in [1.82, 2.24) is 14.8 Å². The van der Waals surface area contributed by atoms with Crippen LogP contribution in [-0.4, -0.2) is 14.8 Å². The Morgan fingerprint density at radius 2 is 1.67 bits per heavy atom. The Morgan fingerprint density at radius 1 is 1.00 bits per heavy atom. The first-order chi connectivity index (χ1) is 10.1. The van der Waals surface area contributed by atoms with Crippen molar-refractivity contribution in [3.63, 3.8) is 0 Å². The molecule has 3 rings (SSSR count). The summed E-state index contributed by atoms with van der Waals surface area (Å²) in [7, 11) is 0. The van der Waals surface area contributed by atoms with Crippen LogP contribution in [0.2, 0.25) is 0 Å². The number of nitrogen functional groups attached to an aromatic ring is 1. The molecule has 3 aromatic rings. The van der Waals surface area contributed by atoms with Crippen LogP contribution >= 0.6 is 0 Å². The molecule has 0 saturated heterocycles. The molecule has 2 N–H and O–H groups in total. The predicted octanol–water partition coefficient (Wildman–Crippen LogP) is 2.85. The molecule has 1 aromatic heterocycles. The highest BCUT2D eigenvalue weighted by Crippen LogP contribution is 2.17. The van der Waals surface area contributed by atoms with E-state index in [2.05, 4.69) is 10.1 Å². The van der Waals surface area contributed by atoms with Crippen molar-refractivity contribution in [1.29, 1.82) is 0 Å². The number of benzene rings is 2. The smallest absolute Gasteiger partial charge is 0.181 e. The summed E-state index contributed by atoms with van der Waals surface area (Å²) in [5.74, 6) is -0.717. The first-order valence-electron chi connectivity index (χ1n) is 6.32. The molecule has 0 aliphatic heterocycles. The normalized spacial score (nSPS) is 10.8. The Balaban J connectivity index is 1.87. The molecule has 1 heterocycles. The zero-order valence-corrected chi connectivity index (χ0v) is 11.0. The molecule has 0 amide bonds. The van der Waals surface area contributed by atoms with Crippen LogP contribution in [0.3, 0.4) is 0 Å². The first-order valence-corrected chi connectivity index (χ1v) is 6.32. The number of rotatable bonds is 3. The fraction of sp³-hybridized carbons (Fsp3) is 0.0667.